The first-order valence-corrected chi connectivity index (χ1v) is 3.91. The monoisotopic (exact) mass is 168 g/mol. The SMILES string of the molecule is CCC(=O)C(C)c1nnnn1C. The molecule has 1 aromatic rings. The maximum absolute atomic E-state index is 11.3. The molecular weight excluding hydrogens is 156 g/mol. The maximum atomic E-state index is 11.3. The Kier molecular flexibility index (Phi) is 2.52. The van der Waals surface area contributed by atoms with Gasteiger partial charge < -0.3 is 0 Å². The highest BCUT2D eigenvalue weighted by Crippen LogP contribution is 2.12. The van der Waals surface area contributed by atoms with E-state index < -0.39 is 0 Å². The second-order valence-corrected chi connectivity index (χ2v) is 2.70. The van der Waals surface area contributed by atoms with Gasteiger partial charge in [-0.3, -0.25) is 4.79 Å². The Morgan fingerprint density at radius 3 is 2.75 bits per heavy atom. The van der Waals surface area contributed by atoms with E-state index in [-0.39, 0.29) is 11.7 Å². The number of aromatic nitrogens is 4. The van der Waals surface area contributed by atoms with Crippen LogP contribution in [0.5, 0.6) is 0 Å². The van der Waals surface area contributed by atoms with Crippen LogP contribution < -0.4 is 0 Å². The molecule has 0 aliphatic rings. The number of rotatable bonds is 3. The average Bonchev–Trinajstić information content (AvgIpc) is 2.48. The molecule has 0 amide bonds. The molecule has 1 aromatic heterocycles. The fourth-order valence-corrected chi connectivity index (χ4v) is 1.05. The Hall–Kier alpha value is -1.26. The van der Waals surface area contributed by atoms with Crippen molar-refractivity contribution >= 4 is 5.78 Å². The van der Waals surface area contributed by atoms with Crippen molar-refractivity contribution < 1.29 is 4.79 Å². The summed E-state index contributed by atoms with van der Waals surface area (Å²) >= 11 is 0. The van der Waals surface area contributed by atoms with Gasteiger partial charge in [-0.25, -0.2) is 4.68 Å². The van der Waals surface area contributed by atoms with E-state index in [9.17, 15) is 4.79 Å². The largest absolute Gasteiger partial charge is 0.299 e. The first kappa shape index (κ1) is 8.83. The van der Waals surface area contributed by atoms with E-state index in [0.717, 1.165) is 0 Å². The summed E-state index contributed by atoms with van der Waals surface area (Å²) in [6.45, 7) is 3.65. The molecule has 0 aromatic carbocycles. The summed E-state index contributed by atoms with van der Waals surface area (Å²) in [5, 5.41) is 10.9. The molecule has 0 aliphatic heterocycles. The molecule has 12 heavy (non-hydrogen) atoms. The van der Waals surface area contributed by atoms with Crippen molar-refractivity contribution in [2.45, 2.75) is 26.2 Å². The zero-order valence-electron chi connectivity index (χ0n) is 7.48. The summed E-state index contributed by atoms with van der Waals surface area (Å²) in [4.78, 5) is 11.3. The Labute approximate surface area is 70.8 Å². The molecule has 5 nitrogen and oxygen atoms in total. The molecule has 0 saturated carbocycles. The molecule has 1 unspecified atom stereocenters. The molecule has 1 heterocycles. The van der Waals surface area contributed by atoms with E-state index in [1.165, 1.54) is 4.68 Å². The normalized spacial score (nSPS) is 12.9. The highest BCUT2D eigenvalue weighted by atomic mass is 16.1. The van der Waals surface area contributed by atoms with E-state index >= 15 is 0 Å². The van der Waals surface area contributed by atoms with Crippen molar-refractivity contribution in [2.75, 3.05) is 0 Å². The summed E-state index contributed by atoms with van der Waals surface area (Å²) in [6.07, 6.45) is 0.522. The van der Waals surface area contributed by atoms with Crippen LogP contribution >= 0.6 is 0 Å². The number of carbonyl (C=O) groups excluding carboxylic acids is 1. The number of nitrogens with zero attached hydrogens (tertiary/aromatic N) is 4. The smallest absolute Gasteiger partial charge is 0.161 e. The number of tetrazole rings is 1. The van der Waals surface area contributed by atoms with Crippen molar-refractivity contribution in [1.29, 1.82) is 0 Å². The number of Topliss-reactive ketones (excluding diaryl/α,β-unsaturated/α-hetero) is 1. The Bertz CT molecular complexity index is 281. The summed E-state index contributed by atoms with van der Waals surface area (Å²) < 4.78 is 1.53. The molecule has 66 valence electrons. The van der Waals surface area contributed by atoms with Crippen LogP contribution in [0.1, 0.15) is 32.0 Å². The highest BCUT2D eigenvalue weighted by molar-refractivity contribution is 5.84. The third-order valence-electron chi connectivity index (χ3n) is 1.87. The van der Waals surface area contributed by atoms with E-state index in [0.29, 0.717) is 12.2 Å². The van der Waals surface area contributed by atoms with Gasteiger partial charge in [-0.15, -0.1) is 5.10 Å². The fourth-order valence-electron chi connectivity index (χ4n) is 1.05. The lowest BCUT2D eigenvalue weighted by atomic mass is 10.0. The van der Waals surface area contributed by atoms with Gasteiger partial charge >= 0.3 is 0 Å². The number of carbonyl (C=O) groups is 1. The lowest BCUT2D eigenvalue weighted by Crippen LogP contribution is -2.13. The second kappa shape index (κ2) is 3.42. The first-order chi connectivity index (χ1) is 5.66. The lowest BCUT2D eigenvalue weighted by molar-refractivity contribution is -0.120. The number of aryl methyl sites for hydroxylation is 1. The van der Waals surface area contributed by atoms with Gasteiger partial charge in [0.2, 0.25) is 0 Å². The van der Waals surface area contributed by atoms with Crippen molar-refractivity contribution in [1.82, 2.24) is 20.2 Å². The first-order valence-electron chi connectivity index (χ1n) is 3.91. The van der Waals surface area contributed by atoms with Gasteiger partial charge in [-0.05, 0) is 17.4 Å². The fraction of sp³-hybridized carbons (Fsp3) is 0.714. The molecule has 1 atom stereocenters. The highest BCUT2D eigenvalue weighted by Gasteiger charge is 2.18. The standard InChI is InChI=1S/C7H12N4O/c1-4-6(12)5(2)7-8-9-10-11(7)3/h5H,4H2,1-3H3. The number of hydrogen-bond acceptors (Lipinski definition) is 4. The van der Waals surface area contributed by atoms with Crippen molar-refractivity contribution in [2.24, 2.45) is 7.05 Å². The van der Waals surface area contributed by atoms with Crippen LogP contribution in [-0.4, -0.2) is 26.0 Å². The summed E-state index contributed by atoms with van der Waals surface area (Å²) in [5.74, 6) is 0.588. The summed E-state index contributed by atoms with van der Waals surface area (Å²) in [5.41, 5.74) is 0. The molecule has 0 saturated heterocycles. The van der Waals surface area contributed by atoms with Gasteiger partial charge in [-0.1, -0.05) is 6.92 Å². The van der Waals surface area contributed by atoms with Crippen molar-refractivity contribution in [3.05, 3.63) is 5.82 Å². The minimum atomic E-state index is -0.199. The zero-order chi connectivity index (χ0) is 9.14. The van der Waals surface area contributed by atoms with E-state index in [2.05, 4.69) is 15.5 Å². The minimum absolute atomic E-state index is 0.160. The second-order valence-electron chi connectivity index (χ2n) is 2.70. The van der Waals surface area contributed by atoms with Crippen LogP contribution in [0.15, 0.2) is 0 Å². The van der Waals surface area contributed by atoms with Crippen molar-refractivity contribution in [3.8, 4) is 0 Å². The van der Waals surface area contributed by atoms with Gasteiger partial charge in [-0.2, -0.15) is 0 Å². The third-order valence-corrected chi connectivity index (χ3v) is 1.87. The van der Waals surface area contributed by atoms with Crippen LogP contribution in [0.4, 0.5) is 0 Å². The number of ketones is 1. The molecule has 0 aliphatic carbocycles. The number of hydrogen-bond donors (Lipinski definition) is 0. The molecule has 0 fully saturated rings. The molecule has 0 bridgehead atoms. The van der Waals surface area contributed by atoms with Crippen LogP contribution in [0, 0.1) is 0 Å². The van der Waals surface area contributed by atoms with Crippen LogP contribution in [0.3, 0.4) is 0 Å². The minimum Gasteiger partial charge on any atom is -0.299 e. The van der Waals surface area contributed by atoms with Gasteiger partial charge in [0.05, 0.1) is 5.92 Å². The Balaban J connectivity index is 2.84. The molecule has 1 rings (SSSR count). The van der Waals surface area contributed by atoms with Crippen LogP contribution in [0.25, 0.3) is 0 Å². The summed E-state index contributed by atoms with van der Waals surface area (Å²) in [7, 11) is 1.73. The van der Waals surface area contributed by atoms with Crippen LogP contribution in [-0.2, 0) is 11.8 Å². The average molecular weight is 168 g/mol. The van der Waals surface area contributed by atoms with Gasteiger partial charge in [0, 0.05) is 13.5 Å². The molecular formula is C7H12N4O. The predicted molar refractivity (Wildman–Crippen MR) is 42.5 cm³/mol. The molecule has 0 spiro atoms. The predicted octanol–water partition coefficient (Wildman–Crippen LogP) is 0.293. The van der Waals surface area contributed by atoms with E-state index in [1.807, 2.05) is 13.8 Å². The molecule has 0 radical (unpaired) electrons. The van der Waals surface area contributed by atoms with Gasteiger partial charge in [0.25, 0.3) is 0 Å². The van der Waals surface area contributed by atoms with E-state index in [4.69, 9.17) is 0 Å². The maximum Gasteiger partial charge on any atom is 0.161 e. The zero-order valence-corrected chi connectivity index (χ0v) is 7.48. The Morgan fingerprint density at radius 1 is 1.67 bits per heavy atom. The third kappa shape index (κ3) is 1.49. The molecule has 5 heteroatoms. The van der Waals surface area contributed by atoms with Gasteiger partial charge in [0.1, 0.15) is 5.78 Å². The Morgan fingerprint density at radius 2 is 2.33 bits per heavy atom. The quantitative estimate of drug-likeness (QED) is 0.651. The van der Waals surface area contributed by atoms with Crippen molar-refractivity contribution in [3.63, 3.8) is 0 Å². The summed E-state index contributed by atoms with van der Waals surface area (Å²) in [6, 6.07) is 0. The lowest BCUT2D eigenvalue weighted by Gasteiger charge is -2.05. The topological polar surface area (TPSA) is 60.7 Å². The van der Waals surface area contributed by atoms with Crippen LogP contribution in [0.2, 0.25) is 0 Å². The van der Waals surface area contributed by atoms with E-state index in [1.54, 1.807) is 7.05 Å². The van der Waals surface area contributed by atoms with Gasteiger partial charge in [0.15, 0.2) is 5.82 Å². The molecule has 0 N–H and O–H groups in total.